The minimum Gasteiger partial charge on any atom is -0.381 e. The smallest absolute Gasteiger partial charge is 0.223 e. The molecule has 3 rings (SSSR count). The van der Waals surface area contributed by atoms with E-state index in [0.717, 1.165) is 28.6 Å². The normalized spacial score (nSPS) is 21.1. The van der Waals surface area contributed by atoms with Crippen LogP contribution in [0.3, 0.4) is 0 Å². The topological polar surface area (TPSA) is 46.6 Å². The van der Waals surface area contributed by atoms with Gasteiger partial charge < -0.3 is 9.64 Å². The maximum atomic E-state index is 12.5. The Morgan fingerprint density at radius 1 is 1.40 bits per heavy atom. The molecule has 4 nitrogen and oxygen atoms in total. The van der Waals surface area contributed by atoms with Crippen molar-refractivity contribution in [2.24, 2.45) is 5.92 Å². The molecule has 1 amide bonds. The van der Waals surface area contributed by atoms with Gasteiger partial charge in [0.1, 0.15) is 0 Å². The number of carbonyl (C=O) groups is 2. The molecule has 0 radical (unpaired) electrons. The predicted molar refractivity (Wildman–Crippen MR) is 79.1 cm³/mol. The van der Waals surface area contributed by atoms with Gasteiger partial charge in [-0.3, -0.25) is 9.59 Å². The van der Waals surface area contributed by atoms with Crippen molar-refractivity contribution in [3.63, 3.8) is 0 Å². The molecule has 0 aliphatic carbocycles. The van der Waals surface area contributed by atoms with Crippen LogP contribution in [0, 0.1) is 5.92 Å². The summed E-state index contributed by atoms with van der Waals surface area (Å²) in [6.07, 6.45) is 1.62. The molecule has 1 aromatic carbocycles. The molecular formula is C15H16BrNO3. The molecular weight excluding hydrogens is 322 g/mol. The van der Waals surface area contributed by atoms with Gasteiger partial charge in [-0.15, -0.1) is 0 Å². The summed E-state index contributed by atoms with van der Waals surface area (Å²) in [5, 5.41) is 0. The van der Waals surface area contributed by atoms with Gasteiger partial charge in [0.15, 0.2) is 5.78 Å². The Morgan fingerprint density at radius 3 is 2.85 bits per heavy atom. The average Bonchev–Trinajstić information content (AvgIpc) is 3.05. The number of halogens is 1. The zero-order valence-corrected chi connectivity index (χ0v) is 12.9. The first kappa shape index (κ1) is 13.8. The van der Waals surface area contributed by atoms with Gasteiger partial charge >= 0.3 is 0 Å². The number of ether oxygens (including phenoxy) is 1. The SMILES string of the molecule is CC(=O)N1CCc2cc(Br)c(C(=O)C3CCOC3)cc21. The van der Waals surface area contributed by atoms with Gasteiger partial charge in [-0.2, -0.15) is 0 Å². The van der Waals surface area contributed by atoms with E-state index in [2.05, 4.69) is 15.9 Å². The molecule has 1 atom stereocenters. The highest BCUT2D eigenvalue weighted by atomic mass is 79.9. The van der Waals surface area contributed by atoms with Gasteiger partial charge in [0.25, 0.3) is 0 Å². The van der Waals surface area contributed by atoms with Crippen LogP contribution in [0.1, 0.15) is 29.3 Å². The number of fused-ring (bicyclic) bond motifs is 1. The standard InChI is InChI=1S/C15H16BrNO3/c1-9(18)17-4-2-10-6-13(16)12(7-14(10)17)15(19)11-3-5-20-8-11/h6-7,11H,2-5,8H2,1H3. The molecule has 5 heteroatoms. The lowest BCUT2D eigenvalue weighted by atomic mass is 9.95. The van der Waals surface area contributed by atoms with Crippen molar-refractivity contribution in [1.29, 1.82) is 0 Å². The zero-order valence-electron chi connectivity index (χ0n) is 11.3. The number of anilines is 1. The van der Waals surface area contributed by atoms with E-state index in [0.29, 0.717) is 25.3 Å². The lowest BCUT2D eigenvalue weighted by molar-refractivity contribution is -0.116. The quantitative estimate of drug-likeness (QED) is 0.779. The average molecular weight is 338 g/mol. The summed E-state index contributed by atoms with van der Waals surface area (Å²) in [6.45, 7) is 3.40. The number of rotatable bonds is 2. The molecule has 2 heterocycles. The number of Topliss-reactive ketones (excluding diaryl/α,β-unsaturated/α-hetero) is 1. The first-order valence-electron chi connectivity index (χ1n) is 6.80. The summed E-state index contributed by atoms with van der Waals surface area (Å²) in [6, 6.07) is 3.83. The summed E-state index contributed by atoms with van der Waals surface area (Å²) >= 11 is 3.49. The summed E-state index contributed by atoms with van der Waals surface area (Å²) in [7, 11) is 0. The third-order valence-corrected chi connectivity index (χ3v) is 4.67. The van der Waals surface area contributed by atoms with Crippen molar-refractivity contribution in [1.82, 2.24) is 0 Å². The number of ketones is 1. The summed E-state index contributed by atoms with van der Waals surface area (Å²) < 4.78 is 6.11. The Kier molecular flexibility index (Phi) is 3.65. The summed E-state index contributed by atoms with van der Waals surface area (Å²) in [4.78, 5) is 25.9. The third-order valence-electron chi connectivity index (χ3n) is 4.01. The van der Waals surface area contributed by atoms with Crippen LogP contribution in [0.5, 0.6) is 0 Å². The molecule has 1 saturated heterocycles. The fourth-order valence-electron chi connectivity index (χ4n) is 2.88. The van der Waals surface area contributed by atoms with Gasteiger partial charge in [-0.05, 0) is 30.5 Å². The van der Waals surface area contributed by atoms with E-state index in [1.165, 1.54) is 0 Å². The van der Waals surface area contributed by atoms with Crippen molar-refractivity contribution < 1.29 is 14.3 Å². The Hall–Kier alpha value is -1.20. The van der Waals surface area contributed by atoms with Gasteiger partial charge in [0, 0.05) is 41.7 Å². The summed E-state index contributed by atoms with van der Waals surface area (Å²) in [5.74, 6) is 0.0674. The van der Waals surface area contributed by atoms with E-state index in [1.54, 1.807) is 11.8 Å². The van der Waals surface area contributed by atoms with Gasteiger partial charge in [0.05, 0.1) is 6.61 Å². The van der Waals surface area contributed by atoms with Crippen LogP contribution >= 0.6 is 15.9 Å². The molecule has 2 aliphatic heterocycles. The second-order valence-corrected chi connectivity index (χ2v) is 6.16. The number of amides is 1. The third kappa shape index (κ3) is 2.29. The van der Waals surface area contributed by atoms with E-state index < -0.39 is 0 Å². The Balaban J connectivity index is 1.98. The van der Waals surface area contributed by atoms with Crippen LogP contribution in [0.15, 0.2) is 16.6 Å². The Morgan fingerprint density at radius 2 is 2.20 bits per heavy atom. The van der Waals surface area contributed by atoms with Gasteiger partial charge in [-0.25, -0.2) is 0 Å². The van der Waals surface area contributed by atoms with E-state index in [-0.39, 0.29) is 17.6 Å². The van der Waals surface area contributed by atoms with Crippen LogP contribution in [-0.4, -0.2) is 31.4 Å². The van der Waals surface area contributed by atoms with E-state index in [1.807, 2.05) is 12.1 Å². The highest BCUT2D eigenvalue weighted by Gasteiger charge is 2.29. The van der Waals surface area contributed by atoms with Crippen molar-refractivity contribution in [2.45, 2.75) is 19.8 Å². The van der Waals surface area contributed by atoms with Gasteiger partial charge in [0.2, 0.25) is 5.91 Å². The minimum atomic E-state index is -0.0588. The van der Waals surface area contributed by atoms with Gasteiger partial charge in [-0.1, -0.05) is 15.9 Å². The van der Waals surface area contributed by atoms with Crippen LogP contribution in [0.2, 0.25) is 0 Å². The highest BCUT2D eigenvalue weighted by molar-refractivity contribution is 9.10. The fourth-order valence-corrected chi connectivity index (χ4v) is 3.47. The molecule has 0 spiro atoms. The van der Waals surface area contributed by atoms with E-state index >= 15 is 0 Å². The first-order valence-corrected chi connectivity index (χ1v) is 7.59. The lowest BCUT2D eigenvalue weighted by Crippen LogP contribution is -2.26. The lowest BCUT2D eigenvalue weighted by Gasteiger charge is -2.17. The molecule has 1 unspecified atom stereocenters. The molecule has 0 N–H and O–H groups in total. The number of benzene rings is 1. The molecule has 1 aromatic rings. The van der Waals surface area contributed by atoms with Crippen LogP contribution in [-0.2, 0) is 16.0 Å². The second-order valence-electron chi connectivity index (χ2n) is 5.31. The van der Waals surface area contributed by atoms with Crippen LogP contribution < -0.4 is 4.90 Å². The van der Waals surface area contributed by atoms with E-state index in [9.17, 15) is 9.59 Å². The highest BCUT2D eigenvalue weighted by Crippen LogP contribution is 2.35. The largest absolute Gasteiger partial charge is 0.381 e. The van der Waals surface area contributed by atoms with Crippen molar-refractivity contribution in [3.05, 3.63) is 27.7 Å². The minimum absolute atomic E-state index is 0.0219. The molecule has 0 aromatic heterocycles. The van der Waals surface area contributed by atoms with Crippen molar-refractivity contribution in [3.8, 4) is 0 Å². The zero-order chi connectivity index (χ0) is 14.3. The predicted octanol–water partition coefficient (Wildman–Crippen LogP) is 2.58. The second kappa shape index (κ2) is 5.30. The Labute approximate surface area is 126 Å². The number of hydrogen-bond acceptors (Lipinski definition) is 3. The molecule has 2 aliphatic rings. The molecule has 0 saturated carbocycles. The van der Waals surface area contributed by atoms with Crippen LogP contribution in [0.25, 0.3) is 0 Å². The van der Waals surface area contributed by atoms with Crippen molar-refractivity contribution in [2.75, 3.05) is 24.7 Å². The molecule has 0 bridgehead atoms. The fraction of sp³-hybridized carbons (Fsp3) is 0.467. The maximum absolute atomic E-state index is 12.5. The monoisotopic (exact) mass is 337 g/mol. The molecule has 20 heavy (non-hydrogen) atoms. The van der Waals surface area contributed by atoms with E-state index in [4.69, 9.17) is 4.74 Å². The number of hydrogen-bond donors (Lipinski definition) is 0. The van der Waals surface area contributed by atoms with Crippen molar-refractivity contribution >= 4 is 33.3 Å². The molecule has 1 fully saturated rings. The summed E-state index contributed by atoms with van der Waals surface area (Å²) in [5.41, 5.74) is 2.65. The molecule has 106 valence electrons. The van der Waals surface area contributed by atoms with Crippen LogP contribution in [0.4, 0.5) is 5.69 Å². The maximum Gasteiger partial charge on any atom is 0.223 e. The Bertz CT molecular complexity index is 579. The first-order chi connectivity index (χ1) is 9.58. The number of carbonyl (C=O) groups excluding carboxylic acids is 2. The number of nitrogens with zero attached hydrogens (tertiary/aromatic N) is 1.